The zero-order valence-corrected chi connectivity index (χ0v) is 11.7. The molecule has 3 rings (SSSR count). The van der Waals surface area contributed by atoms with Gasteiger partial charge in [0.2, 0.25) is 0 Å². The summed E-state index contributed by atoms with van der Waals surface area (Å²) in [5, 5.41) is 3.38. The molecule has 5 heteroatoms. The lowest BCUT2D eigenvalue weighted by molar-refractivity contribution is 0.0526. The van der Waals surface area contributed by atoms with Crippen LogP contribution in [-0.4, -0.2) is 36.3 Å². The lowest BCUT2D eigenvalue weighted by Crippen LogP contribution is -2.32. The Bertz CT molecular complexity index is 488. The fraction of sp³-hybridized carbons (Fsp3) is 0.600. The monoisotopic (exact) mass is 276 g/mol. The molecule has 0 spiro atoms. The normalized spacial score (nSPS) is 25.4. The predicted molar refractivity (Wildman–Crippen MR) is 74.7 cm³/mol. The molecule has 1 aromatic rings. The van der Waals surface area contributed by atoms with Gasteiger partial charge in [-0.25, -0.2) is 9.78 Å². The third kappa shape index (κ3) is 2.77. The molecular formula is C15H20N2O3. The maximum atomic E-state index is 11.9. The number of carbonyl (C=O) groups excluding carboxylic acids is 1. The Morgan fingerprint density at radius 1 is 1.50 bits per heavy atom. The highest BCUT2D eigenvalue weighted by molar-refractivity contribution is 5.94. The Morgan fingerprint density at radius 3 is 3.10 bits per heavy atom. The summed E-state index contributed by atoms with van der Waals surface area (Å²) in [6, 6.07) is 3.74. The van der Waals surface area contributed by atoms with E-state index in [1.807, 2.05) is 0 Å². The first-order chi connectivity index (χ1) is 9.79. The number of aromatic nitrogens is 1. The summed E-state index contributed by atoms with van der Waals surface area (Å²) in [6.07, 6.45) is 5.39. The zero-order valence-electron chi connectivity index (χ0n) is 11.7. The Labute approximate surface area is 118 Å². The fourth-order valence-electron chi connectivity index (χ4n) is 2.72. The number of esters is 1. The van der Waals surface area contributed by atoms with Gasteiger partial charge in [-0.1, -0.05) is 0 Å². The van der Waals surface area contributed by atoms with Crippen LogP contribution in [-0.2, 0) is 9.47 Å². The van der Waals surface area contributed by atoms with E-state index in [1.165, 1.54) is 12.8 Å². The average molecular weight is 276 g/mol. The molecule has 108 valence electrons. The molecule has 2 heterocycles. The summed E-state index contributed by atoms with van der Waals surface area (Å²) in [5.74, 6) is 0.946. The Morgan fingerprint density at radius 2 is 2.35 bits per heavy atom. The van der Waals surface area contributed by atoms with Crippen LogP contribution in [0.4, 0.5) is 5.82 Å². The maximum absolute atomic E-state index is 11.9. The van der Waals surface area contributed by atoms with Crippen LogP contribution in [0.15, 0.2) is 18.3 Å². The van der Waals surface area contributed by atoms with E-state index in [0.717, 1.165) is 13.0 Å². The molecule has 1 saturated heterocycles. The van der Waals surface area contributed by atoms with Gasteiger partial charge in [-0.2, -0.15) is 0 Å². The smallest absolute Gasteiger partial charge is 0.341 e. The standard InChI is InChI=1S/C15H20N2O3/c1-2-19-15(18)11-4-3-8-16-14(11)17-12-7-9-20-13(12)10-5-6-10/h3-4,8,10,12-13H,2,5-7,9H2,1H3,(H,16,17). The van der Waals surface area contributed by atoms with Crippen LogP contribution in [0.2, 0.25) is 0 Å². The van der Waals surface area contributed by atoms with Crippen LogP contribution in [0.5, 0.6) is 0 Å². The molecular weight excluding hydrogens is 256 g/mol. The summed E-state index contributed by atoms with van der Waals surface area (Å²) in [5.41, 5.74) is 0.496. The molecule has 1 N–H and O–H groups in total. The molecule has 0 bridgehead atoms. The van der Waals surface area contributed by atoms with E-state index >= 15 is 0 Å². The minimum atomic E-state index is -0.329. The highest BCUT2D eigenvalue weighted by atomic mass is 16.5. The van der Waals surface area contributed by atoms with E-state index in [-0.39, 0.29) is 18.1 Å². The third-order valence-electron chi connectivity index (χ3n) is 3.85. The van der Waals surface area contributed by atoms with E-state index in [9.17, 15) is 4.79 Å². The number of ether oxygens (including phenoxy) is 2. The third-order valence-corrected chi connectivity index (χ3v) is 3.85. The Hall–Kier alpha value is -1.62. The second-order valence-electron chi connectivity index (χ2n) is 5.33. The second kappa shape index (κ2) is 5.79. The zero-order chi connectivity index (χ0) is 13.9. The van der Waals surface area contributed by atoms with Crippen molar-refractivity contribution in [1.29, 1.82) is 0 Å². The molecule has 5 nitrogen and oxygen atoms in total. The van der Waals surface area contributed by atoms with E-state index in [2.05, 4.69) is 10.3 Å². The molecule has 0 amide bonds. The Kier molecular flexibility index (Phi) is 3.87. The van der Waals surface area contributed by atoms with Crippen molar-refractivity contribution in [2.75, 3.05) is 18.5 Å². The number of hydrogen-bond donors (Lipinski definition) is 1. The van der Waals surface area contributed by atoms with Crippen LogP contribution >= 0.6 is 0 Å². The van der Waals surface area contributed by atoms with Crippen molar-refractivity contribution in [3.8, 4) is 0 Å². The van der Waals surface area contributed by atoms with Crippen LogP contribution < -0.4 is 5.32 Å². The van der Waals surface area contributed by atoms with E-state index in [0.29, 0.717) is 23.9 Å². The van der Waals surface area contributed by atoms with Crippen LogP contribution in [0, 0.1) is 5.92 Å². The Balaban J connectivity index is 1.74. The first kappa shape index (κ1) is 13.4. The van der Waals surface area contributed by atoms with Gasteiger partial charge in [0.1, 0.15) is 11.4 Å². The molecule has 1 aliphatic carbocycles. The average Bonchev–Trinajstić information content (AvgIpc) is 3.20. The van der Waals surface area contributed by atoms with Crippen molar-refractivity contribution < 1.29 is 14.3 Å². The van der Waals surface area contributed by atoms with Crippen molar-refractivity contribution >= 4 is 11.8 Å². The largest absolute Gasteiger partial charge is 0.462 e. The number of nitrogens with zero attached hydrogens (tertiary/aromatic N) is 1. The van der Waals surface area contributed by atoms with Crippen molar-refractivity contribution in [1.82, 2.24) is 4.98 Å². The summed E-state index contributed by atoms with van der Waals surface area (Å²) in [4.78, 5) is 16.2. The molecule has 2 aliphatic rings. The fourth-order valence-corrected chi connectivity index (χ4v) is 2.72. The summed E-state index contributed by atoms with van der Waals surface area (Å²) in [7, 11) is 0. The van der Waals surface area contributed by atoms with Crippen molar-refractivity contribution in [2.45, 2.75) is 38.3 Å². The van der Waals surface area contributed by atoms with E-state index < -0.39 is 0 Å². The molecule has 20 heavy (non-hydrogen) atoms. The SMILES string of the molecule is CCOC(=O)c1cccnc1NC1CCOC1C1CC1. The van der Waals surface area contributed by atoms with Crippen molar-refractivity contribution in [3.05, 3.63) is 23.9 Å². The van der Waals surface area contributed by atoms with Crippen LogP contribution in [0.1, 0.15) is 36.5 Å². The van der Waals surface area contributed by atoms with Gasteiger partial charge in [0.25, 0.3) is 0 Å². The summed E-state index contributed by atoms with van der Waals surface area (Å²) < 4.78 is 10.9. The minimum Gasteiger partial charge on any atom is -0.462 e. The minimum absolute atomic E-state index is 0.241. The van der Waals surface area contributed by atoms with Crippen LogP contribution in [0.3, 0.4) is 0 Å². The summed E-state index contributed by atoms with van der Waals surface area (Å²) >= 11 is 0. The van der Waals surface area contributed by atoms with Gasteiger partial charge in [0, 0.05) is 12.8 Å². The first-order valence-electron chi connectivity index (χ1n) is 7.30. The van der Waals surface area contributed by atoms with Gasteiger partial charge in [-0.05, 0) is 44.2 Å². The van der Waals surface area contributed by atoms with Gasteiger partial charge >= 0.3 is 5.97 Å². The number of hydrogen-bond acceptors (Lipinski definition) is 5. The van der Waals surface area contributed by atoms with Gasteiger partial charge in [-0.15, -0.1) is 0 Å². The molecule has 1 saturated carbocycles. The van der Waals surface area contributed by atoms with Crippen molar-refractivity contribution in [3.63, 3.8) is 0 Å². The molecule has 2 unspecified atom stereocenters. The highest BCUT2D eigenvalue weighted by Gasteiger charge is 2.41. The predicted octanol–water partition coefficient (Wildman–Crippen LogP) is 2.24. The van der Waals surface area contributed by atoms with Gasteiger partial charge in [0.05, 0.1) is 18.8 Å². The molecule has 1 aliphatic heterocycles. The van der Waals surface area contributed by atoms with Crippen LogP contribution in [0.25, 0.3) is 0 Å². The number of pyridine rings is 1. The molecule has 2 atom stereocenters. The molecule has 2 fully saturated rings. The number of carbonyl (C=O) groups is 1. The molecule has 0 aromatic carbocycles. The van der Waals surface area contributed by atoms with Gasteiger partial charge < -0.3 is 14.8 Å². The van der Waals surface area contributed by atoms with Gasteiger partial charge in [-0.3, -0.25) is 0 Å². The number of anilines is 1. The maximum Gasteiger partial charge on any atom is 0.341 e. The number of rotatable bonds is 5. The molecule has 1 aromatic heterocycles. The molecule has 0 radical (unpaired) electrons. The first-order valence-corrected chi connectivity index (χ1v) is 7.30. The lowest BCUT2D eigenvalue weighted by Gasteiger charge is -2.21. The second-order valence-corrected chi connectivity index (χ2v) is 5.33. The van der Waals surface area contributed by atoms with E-state index in [1.54, 1.807) is 25.3 Å². The highest BCUT2D eigenvalue weighted by Crippen LogP contribution is 2.39. The number of nitrogens with one attached hydrogen (secondary N) is 1. The quantitative estimate of drug-likeness (QED) is 0.836. The van der Waals surface area contributed by atoms with Gasteiger partial charge in [0.15, 0.2) is 0 Å². The van der Waals surface area contributed by atoms with E-state index in [4.69, 9.17) is 9.47 Å². The van der Waals surface area contributed by atoms with Crippen molar-refractivity contribution in [2.24, 2.45) is 5.92 Å². The lowest BCUT2D eigenvalue weighted by atomic mass is 10.1. The summed E-state index contributed by atoms with van der Waals surface area (Å²) in [6.45, 7) is 2.94. The topological polar surface area (TPSA) is 60.5 Å².